The highest BCUT2D eigenvalue weighted by molar-refractivity contribution is 5.71. The van der Waals surface area contributed by atoms with Gasteiger partial charge in [0.1, 0.15) is 13.2 Å². The molecule has 0 spiro atoms. The van der Waals surface area contributed by atoms with Crippen LogP contribution in [0.3, 0.4) is 0 Å². The van der Waals surface area contributed by atoms with Gasteiger partial charge >= 0.3 is 17.9 Å². The normalized spacial score (nSPS) is 12.4. The van der Waals surface area contributed by atoms with E-state index in [4.69, 9.17) is 14.2 Å². The number of hydrogen-bond acceptors (Lipinski definition) is 6. The van der Waals surface area contributed by atoms with Gasteiger partial charge in [-0.15, -0.1) is 0 Å². The maximum absolute atomic E-state index is 12.9. The average Bonchev–Trinajstić information content (AvgIpc) is 3.36. The summed E-state index contributed by atoms with van der Waals surface area (Å²) in [4.78, 5) is 38.2. The van der Waals surface area contributed by atoms with E-state index in [-0.39, 0.29) is 31.1 Å². The zero-order valence-corrected chi connectivity index (χ0v) is 46.5. The molecule has 0 aromatic rings. The molecule has 0 aliphatic rings. The number of rotatable bonds is 55. The van der Waals surface area contributed by atoms with E-state index in [1.807, 2.05) is 0 Å². The third-order valence-electron chi connectivity index (χ3n) is 13.3. The summed E-state index contributed by atoms with van der Waals surface area (Å²) in [6.45, 7) is 6.53. The lowest BCUT2D eigenvalue weighted by molar-refractivity contribution is -0.167. The van der Waals surface area contributed by atoms with Crippen LogP contribution in [0.5, 0.6) is 0 Å². The van der Waals surface area contributed by atoms with Gasteiger partial charge in [-0.2, -0.15) is 0 Å². The second-order valence-corrected chi connectivity index (χ2v) is 20.2. The largest absolute Gasteiger partial charge is 0.462 e. The number of unbranched alkanes of at least 4 members (excludes halogenated alkanes) is 34. The summed E-state index contributed by atoms with van der Waals surface area (Å²) in [5.74, 6) is -0.915. The minimum Gasteiger partial charge on any atom is -0.462 e. The van der Waals surface area contributed by atoms with Crippen LogP contribution in [0.1, 0.15) is 310 Å². The van der Waals surface area contributed by atoms with Crippen LogP contribution < -0.4 is 0 Å². The molecule has 0 aromatic carbocycles. The van der Waals surface area contributed by atoms with Gasteiger partial charge in [0.15, 0.2) is 6.10 Å². The Hall–Kier alpha value is -2.89. The fourth-order valence-corrected chi connectivity index (χ4v) is 8.72. The number of esters is 3. The number of allylic oxidation sites excluding steroid dienone is 10. The molecule has 6 heteroatoms. The van der Waals surface area contributed by atoms with E-state index in [0.29, 0.717) is 19.3 Å². The average molecular weight is 980 g/mol. The van der Waals surface area contributed by atoms with Crippen molar-refractivity contribution in [1.82, 2.24) is 0 Å². The fraction of sp³-hybridized carbons (Fsp3) is 0.797. The molecule has 0 saturated carbocycles. The molecular formula is C64H114O6. The summed E-state index contributed by atoms with van der Waals surface area (Å²) < 4.78 is 16.9. The van der Waals surface area contributed by atoms with E-state index in [9.17, 15) is 14.4 Å². The number of ether oxygens (including phenoxy) is 3. The van der Waals surface area contributed by atoms with Crippen LogP contribution in [0.2, 0.25) is 0 Å². The molecule has 70 heavy (non-hydrogen) atoms. The molecule has 0 saturated heterocycles. The molecule has 1 unspecified atom stereocenters. The van der Waals surface area contributed by atoms with Crippen LogP contribution in [0.25, 0.3) is 0 Å². The molecule has 0 aromatic heterocycles. The Bertz CT molecular complexity index is 1260. The first-order valence-corrected chi connectivity index (χ1v) is 30.3. The smallest absolute Gasteiger partial charge is 0.306 e. The second-order valence-electron chi connectivity index (χ2n) is 20.2. The van der Waals surface area contributed by atoms with Crippen LogP contribution in [0.15, 0.2) is 60.8 Å². The summed E-state index contributed by atoms with van der Waals surface area (Å²) in [6.07, 6.45) is 73.6. The van der Waals surface area contributed by atoms with Crippen LogP contribution in [-0.2, 0) is 28.6 Å². The third-order valence-corrected chi connectivity index (χ3v) is 13.3. The Kier molecular flexibility index (Phi) is 56.3. The SMILES string of the molecule is CC/C=C\C/C=C\C/C=C\C/C=C\CCCCC(=O)OCC(COC(=O)CCCCCCCCCCC/C=C\CCCCCCCCCC)OC(=O)CCCCCCCCCCCCCCCCCC. The van der Waals surface area contributed by atoms with E-state index in [2.05, 4.69) is 81.5 Å². The highest BCUT2D eigenvalue weighted by Gasteiger charge is 2.19. The Morgan fingerprint density at radius 2 is 0.557 bits per heavy atom. The predicted octanol–water partition coefficient (Wildman–Crippen LogP) is 20.4. The summed E-state index contributed by atoms with van der Waals surface area (Å²) in [5, 5.41) is 0. The van der Waals surface area contributed by atoms with Gasteiger partial charge in [-0.1, -0.05) is 268 Å². The molecular weight excluding hydrogens is 865 g/mol. The summed E-state index contributed by atoms with van der Waals surface area (Å²) >= 11 is 0. The first-order valence-electron chi connectivity index (χ1n) is 30.3. The van der Waals surface area contributed by atoms with Crippen molar-refractivity contribution in [2.75, 3.05) is 13.2 Å². The maximum Gasteiger partial charge on any atom is 0.306 e. The molecule has 0 N–H and O–H groups in total. The van der Waals surface area contributed by atoms with Gasteiger partial charge in [-0.25, -0.2) is 0 Å². The Labute approximate surface area is 434 Å². The van der Waals surface area contributed by atoms with Gasteiger partial charge < -0.3 is 14.2 Å². The van der Waals surface area contributed by atoms with Gasteiger partial charge in [0.2, 0.25) is 0 Å². The van der Waals surface area contributed by atoms with E-state index < -0.39 is 6.10 Å². The first-order chi connectivity index (χ1) is 34.5. The highest BCUT2D eigenvalue weighted by atomic mass is 16.6. The van der Waals surface area contributed by atoms with Gasteiger partial charge in [0.05, 0.1) is 0 Å². The van der Waals surface area contributed by atoms with E-state index in [1.54, 1.807) is 0 Å². The van der Waals surface area contributed by atoms with Gasteiger partial charge in [-0.3, -0.25) is 14.4 Å². The lowest BCUT2D eigenvalue weighted by Crippen LogP contribution is -2.30. The standard InChI is InChI=1S/C64H114O6/c1-4-7-10-13-16-19-22-25-28-30-31-32-33-34-37-39-42-45-48-51-54-57-63(66)69-60-61(59-68-62(65)56-53-50-47-44-41-38-35-27-24-21-18-15-12-9-6-3)70-64(67)58-55-52-49-46-43-40-36-29-26-23-20-17-14-11-8-5-2/h9,12,18,21,27,30-31,35,41,44,61H,4-8,10-11,13-17,19-20,22-26,28-29,32-34,36-40,42-43,45-60H2,1-3H3/b12-9-,21-18-,31-30-,35-27-,44-41-. The van der Waals surface area contributed by atoms with Crippen LogP contribution in [-0.4, -0.2) is 37.2 Å². The van der Waals surface area contributed by atoms with Gasteiger partial charge in [-0.05, 0) is 83.5 Å². The molecule has 406 valence electrons. The first kappa shape index (κ1) is 67.1. The highest BCUT2D eigenvalue weighted by Crippen LogP contribution is 2.17. The molecule has 0 bridgehead atoms. The van der Waals surface area contributed by atoms with Crippen molar-refractivity contribution >= 4 is 17.9 Å². The fourth-order valence-electron chi connectivity index (χ4n) is 8.72. The van der Waals surface area contributed by atoms with Crippen molar-refractivity contribution in [3.05, 3.63) is 60.8 Å². The van der Waals surface area contributed by atoms with Crippen LogP contribution >= 0.6 is 0 Å². The van der Waals surface area contributed by atoms with E-state index >= 15 is 0 Å². The molecule has 0 radical (unpaired) electrons. The Morgan fingerprint density at radius 3 is 0.914 bits per heavy atom. The number of carbonyl (C=O) groups is 3. The minimum absolute atomic E-state index is 0.0856. The van der Waals surface area contributed by atoms with Gasteiger partial charge in [0, 0.05) is 19.3 Å². The topological polar surface area (TPSA) is 78.9 Å². The molecule has 0 fully saturated rings. The second kappa shape index (κ2) is 58.7. The van der Waals surface area contributed by atoms with E-state index in [0.717, 1.165) is 83.5 Å². The molecule has 0 aliphatic heterocycles. The third kappa shape index (κ3) is 56.0. The quantitative estimate of drug-likeness (QED) is 0.0261. The monoisotopic (exact) mass is 979 g/mol. The summed E-state index contributed by atoms with van der Waals surface area (Å²) in [6, 6.07) is 0. The molecule has 0 amide bonds. The van der Waals surface area contributed by atoms with E-state index in [1.165, 1.54) is 186 Å². The summed E-state index contributed by atoms with van der Waals surface area (Å²) in [7, 11) is 0. The van der Waals surface area contributed by atoms with Crippen molar-refractivity contribution in [2.24, 2.45) is 0 Å². The molecule has 6 nitrogen and oxygen atoms in total. The van der Waals surface area contributed by atoms with Crippen molar-refractivity contribution < 1.29 is 28.6 Å². The Morgan fingerprint density at radius 1 is 0.300 bits per heavy atom. The lowest BCUT2D eigenvalue weighted by atomic mass is 10.0. The van der Waals surface area contributed by atoms with Crippen molar-refractivity contribution in [2.45, 2.75) is 316 Å². The van der Waals surface area contributed by atoms with Gasteiger partial charge in [0.25, 0.3) is 0 Å². The lowest BCUT2D eigenvalue weighted by Gasteiger charge is -2.18. The predicted molar refractivity (Wildman–Crippen MR) is 302 cm³/mol. The van der Waals surface area contributed by atoms with Crippen LogP contribution in [0.4, 0.5) is 0 Å². The number of hydrogen-bond donors (Lipinski definition) is 0. The minimum atomic E-state index is -0.790. The molecule has 0 aliphatic carbocycles. The molecule has 0 heterocycles. The zero-order chi connectivity index (χ0) is 50.7. The molecule has 1 atom stereocenters. The zero-order valence-electron chi connectivity index (χ0n) is 46.5. The number of carbonyl (C=O) groups excluding carboxylic acids is 3. The van der Waals surface area contributed by atoms with Crippen LogP contribution in [0, 0.1) is 0 Å². The Balaban J connectivity index is 4.37. The summed E-state index contributed by atoms with van der Waals surface area (Å²) in [5.41, 5.74) is 0. The molecule has 0 rings (SSSR count). The van der Waals surface area contributed by atoms with Crippen molar-refractivity contribution in [3.8, 4) is 0 Å². The van der Waals surface area contributed by atoms with Crippen molar-refractivity contribution in [1.29, 1.82) is 0 Å². The maximum atomic E-state index is 12.9. The van der Waals surface area contributed by atoms with Crippen molar-refractivity contribution in [3.63, 3.8) is 0 Å².